The lowest BCUT2D eigenvalue weighted by molar-refractivity contribution is 0.454. The zero-order chi connectivity index (χ0) is 14.5. The zero-order valence-corrected chi connectivity index (χ0v) is 11.8. The highest BCUT2D eigenvalue weighted by molar-refractivity contribution is 5.51. The predicted octanol–water partition coefficient (Wildman–Crippen LogP) is 3.19. The molecule has 0 aliphatic heterocycles. The molecule has 1 heterocycles. The third-order valence-corrected chi connectivity index (χ3v) is 2.77. The molecule has 0 bridgehead atoms. The van der Waals surface area contributed by atoms with E-state index in [-0.39, 0.29) is 0 Å². The minimum Gasteiger partial charge on any atom is -0.437 e. The number of para-hydroxylation sites is 1. The van der Waals surface area contributed by atoms with Crippen molar-refractivity contribution in [1.29, 1.82) is 5.26 Å². The summed E-state index contributed by atoms with van der Waals surface area (Å²) in [6.45, 7) is 6.47. The second kappa shape index (κ2) is 6.02. The van der Waals surface area contributed by atoms with Crippen molar-refractivity contribution in [3.8, 4) is 17.7 Å². The molecule has 1 N–H and O–H groups in total. The number of ether oxygens (including phenoxy) is 1. The van der Waals surface area contributed by atoms with Gasteiger partial charge in [-0.25, -0.2) is 4.98 Å². The van der Waals surface area contributed by atoms with Gasteiger partial charge in [-0.2, -0.15) is 10.2 Å². The molecule has 0 amide bonds. The Labute approximate surface area is 118 Å². The zero-order valence-electron chi connectivity index (χ0n) is 11.8. The standard InChI is InChI=1S/C15H16N4O/c1-4-17-14-10(2)15(19-11(3)18-14)20-13-8-6-5-7-12(13)9-16/h5-8H,4H2,1-3H3,(H,17,18,19). The van der Waals surface area contributed by atoms with Crippen LogP contribution in [0.25, 0.3) is 0 Å². The average molecular weight is 268 g/mol. The molecule has 0 aliphatic carbocycles. The molecule has 0 fully saturated rings. The van der Waals surface area contributed by atoms with Crippen LogP contribution in [-0.2, 0) is 0 Å². The highest BCUT2D eigenvalue weighted by Crippen LogP contribution is 2.28. The second-order valence-electron chi connectivity index (χ2n) is 4.29. The van der Waals surface area contributed by atoms with E-state index in [4.69, 9.17) is 10.00 Å². The summed E-state index contributed by atoms with van der Waals surface area (Å²) in [4.78, 5) is 8.64. The maximum absolute atomic E-state index is 9.08. The van der Waals surface area contributed by atoms with Crippen LogP contribution in [0.3, 0.4) is 0 Å². The van der Waals surface area contributed by atoms with Gasteiger partial charge in [-0.05, 0) is 32.9 Å². The summed E-state index contributed by atoms with van der Waals surface area (Å²) in [5, 5.41) is 12.3. The largest absolute Gasteiger partial charge is 0.437 e. The number of nitrogens with one attached hydrogen (secondary N) is 1. The molecule has 0 atom stereocenters. The van der Waals surface area contributed by atoms with Crippen molar-refractivity contribution in [2.45, 2.75) is 20.8 Å². The van der Waals surface area contributed by atoms with Crippen molar-refractivity contribution in [1.82, 2.24) is 9.97 Å². The lowest BCUT2D eigenvalue weighted by Gasteiger charge is -2.13. The van der Waals surface area contributed by atoms with Crippen molar-refractivity contribution in [2.24, 2.45) is 0 Å². The predicted molar refractivity (Wildman–Crippen MR) is 76.9 cm³/mol. The number of aryl methyl sites for hydroxylation is 1. The van der Waals surface area contributed by atoms with Crippen LogP contribution >= 0.6 is 0 Å². The molecular formula is C15H16N4O. The molecular weight excluding hydrogens is 252 g/mol. The first-order valence-corrected chi connectivity index (χ1v) is 6.41. The highest BCUT2D eigenvalue weighted by Gasteiger charge is 2.12. The fourth-order valence-electron chi connectivity index (χ4n) is 1.79. The maximum Gasteiger partial charge on any atom is 0.227 e. The molecule has 0 unspecified atom stereocenters. The van der Waals surface area contributed by atoms with Gasteiger partial charge in [0.1, 0.15) is 23.5 Å². The van der Waals surface area contributed by atoms with Crippen LogP contribution in [0, 0.1) is 25.2 Å². The fraction of sp³-hybridized carbons (Fsp3) is 0.267. The number of nitrogens with zero attached hydrogens (tertiary/aromatic N) is 3. The third-order valence-electron chi connectivity index (χ3n) is 2.77. The monoisotopic (exact) mass is 268 g/mol. The molecule has 2 aromatic rings. The second-order valence-corrected chi connectivity index (χ2v) is 4.29. The van der Waals surface area contributed by atoms with Crippen molar-refractivity contribution >= 4 is 5.82 Å². The van der Waals surface area contributed by atoms with E-state index in [2.05, 4.69) is 21.4 Å². The molecule has 0 radical (unpaired) electrons. The first kappa shape index (κ1) is 13.8. The van der Waals surface area contributed by atoms with Gasteiger partial charge >= 0.3 is 0 Å². The van der Waals surface area contributed by atoms with Crippen molar-refractivity contribution in [3.05, 3.63) is 41.2 Å². The molecule has 0 saturated carbocycles. The van der Waals surface area contributed by atoms with Crippen LogP contribution < -0.4 is 10.1 Å². The van der Waals surface area contributed by atoms with Gasteiger partial charge in [0.2, 0.25) is 5.88 Å². The minimum absolute atomic E-state index is 0.469. The Morgan fingerprint density at radius 3 is 2.70 bits per heavy atom. The molecule has 1 aromatic carbocycles. The van der Waals surface area contributed by atoms with Gasteiger partial charge in [-0.1, -0.05) is 12.1 Å². The smallest absolute Gasteiger partial charge is 0.227 e. The Balaban J connectivity index is 2.41. The lowest BCUT2D eigenvalue weighted by Crippen LogP contribution is -2.06. The summed E-state index contributed by atoms with van der Waals surface area (Å²) >= 11 is 0. The number of aromatic nitrogens is 2. The van der Waals surface area contributed by atoms with Crippen LogP contribution in [0.5, 0.6) is 11.6 Å². The first-order valence-electron chi connectivity index (χ1n) is 6.41. The topological polar surface area (TPSA) is 70.8 Å². The van der Waals surface area contributed by atoms with Crippen LogP contribution in [-0.4, -0.2) is 16.5 Å². The van der Waals surface area contributed by atoms with Gasteiger partial charge in [-0.15, -0.1) is 0 Å². The van der Waals surface area contributed by atoms with Gasteiger partial charge < -0.3 is 10.1 Å². The van der Waals surface area contributed by atoms with E-state index in [1.54, 1.807) is 18.2 Å². The molecule has 20 heavy (non-hydrogen) atoms. The van der Waals surface area contributed by atoms with Gasteiger partial charge in [0.05, 0.1) is 11.1 Å². The molecule has 0 saturated heterocycles. The Morgan fingerprint density at radius 1 is 1.25 bits per heavy atom. The Bertz CT molecular complexity index is 661. The lowest BCUT2D eigenvalue weighted by atomic mass is 10.2. The molecule has 0 spiro atoms. The Kier molecular flexibility index (Phi) is 4.16. The molecule has 102 valence electrons. The van der Waals surface area contributed by atoms with E-state index in [0.717, 1.165) is 17.9 Å². The first-order chi connectivity index (χ1) is 9.65. The van der Waals surface area contributed by atoms with E-state index < -0.39 is 0 Å². The fourth-order valence-corrected chi connectivity index (χ4v) is 1.79. The quantitative estimate of drug-likeness (QED) is 0.922. The van der Waals surface area contributed by atoms with Crippen LogP contribution in [0.2, 0.25) is 0 Å². The SMILES string of the molecule is CCNc1nc(C)nc(Oc2ccccc2C#N)c1C. The van der Waals surface area contributed by atoms with Gasteiger partial charge in [-0.3, -0.25) is 0 Å². The van der Waals surface area contributed by atoms with E-state index in [1.165, 1.54) is 0 Å². The summed E-state index contributed by atoms with van der Waals surface area (Å²) in [5.74, 6) is 2.34. The number of rotatable bonds is 4. The summed E-state index contributed by atoms with van der Waals surface area (Å²) in [6, 6.07) is 9.19. The number of anilines is 1. The third kappa shape index (κ3) is 2.86. The van der Waals surface area contributed by atoms with Crippen molar-refractivity contribution in [3.63, 3.8) is 0 Å². The summed E-state index contributed by atoms with van der Waals surface area (Å²) in [6.07, 6.45) is 0. The number of benzene rings is 1. The minimum atomic E-state index is 0.469. The van der Waals surface area contributed by atoms with Gasteiger partial charge in [0.15, 0.2) is 0 Å². The van der Waals surface area contributed by atoms with Crippen LogP contribution in [0.1, 0.15) is 23.9 Å². The maximum atomic E-state index is 9.08. The molecule has 1 aromatic heterocycles. The van der Waals surface area contributed by atoms with Crippen molar-refractivity contribution < 1.29 is 4.74 Å². The van der Waals surface area contributed by atoms with Gasteiger partial charge in [0, 0.05) is 6.54 Å². The van der Waals surface area contributed by atoms with Gasteiger partial charge in [0.25, 0.3) is 0 Å². The highest BCUT2D eigenvalue weighted by atomic mass is 16.5. The molecule has 2 rings (SSSR count). The number of hydrogen-bond donors (Lipinski definition) is 1. The van der Waals surface area contributed by atoms with Crippen LogP contribution in [0.4, 0.5) is 5.82 Å². The number of nitriles is 1. The summed E-state index contributed by atoms with van der Waals surface area (Å²) < 4.78 is 5.79. The molecule has 5 nitrogen and oxygen atoms in total. The molecule has 0 aliphatic rings. The van der Waals surface area contributed by atoms with Crippen LogP contribution in [0.15, 0.2) is 24.3 Å². The average Bonchev–Trinajstić information content (AvgIpc) is 2.44. The summed E-state index contributed by atoms with van der Waals surface area (Å²) in [5.41, 5.74) is 1.30. The van der Waals surface area contributed by atoms with Crippen molar-refractivity contribution in [2.75, 3.05) is 11.9 Å². The van der Waals surface area contributed by atoms with E-state index >= 15 is 0 Å². The van der Waals surface area contributed by atoms with E-state index in [9.17, 15) is 0 Å². The van der Waals surface area contributed by atoms with E-state index in [1.807, 2.05) is 26.8 Å². The normalized spacial score (nSPS) is 9.90. The van der Waals surface area contributed by atoms with E-state index in [0.29, 0.717) is 23.0 Å². The summed E-state index contributed by atoms with van der Waals surface area (Å²) in [7, 11) is 0. The Hall–Kier alpha value is -2.61. The molecule has 5 heteroatoms. The number of hydrogen-bond acceptors (Lipinski definition) is 5. The Morgan fingerprint density at radius 2 is 2.00 bits per heavy atom.